The van der Waals surface area contributed by atoms with Gasteiger partial charge in [-0.1, -0.05) is 24.1 Å². The van der Waals surface area contributed by atoms with Crippen molar-refractivity contribution in [2.75, 3.05) is 13.2 Å². The molecule has 0 aliphatic heterocycles. The van der Waals surface area contributed by atoms with Gasteiger partial charge in [-0.25, -0.2) is 0 Å². The first-order valence-corrected chi connectivity index (χ1v) is 4.21. The van der Waals surface area contributed by atoms with Crippen molar-refractivity contribution < 1.29 is 9.53 Å². The summed E-state index contributed by atoms with van der Waals surface area (Å²) in [4.78, 5) is 11.0. The predicted molar refractivity (Wildman–Crippen MR) is 53.8 cm³/mol. The van der Waals surface area contributed by atoms with Gasteiger partial charge in [0.25, 0.3) is 5.91 Å². The van der Waals surface area contributed by atoms with E-state index in [2.05, 4.69) is 11.2 Å². The second-order valence-electron chi connectivity index (χ2n) is 2.58. The van der Waals surface area contributed by atoms with Crippen LogP contribution in [0.3, 0.4) is 0 Å². The SMILES string of the molecule is C#CCNC(=O)COc1ccccc1. The van der Waals surface area contributed by atoms with Crippen LogP contribution in [0.15, 0.2) is 30.3 Å². The Hall–Kier alpha value is -1.95. The largest absolute Gasteiger partial charge is 0.484 e. The molecule has 14 heavy (non-hydrogen) atoms. The summed E-state index contributed by atoms with van der Waals surface area (Å²) in [5.41, 5.74) is 0. The smallest absolute Gasteiger partial charge is 0.258 e. The normalized spacial score (nSPS) is 8.79. The van der Waals surface area contributed by atoms with Gasteiger partial charge in [-0.3, -0.25) is 4.79 Å². The molecule has 0 saturated carbocycles. The van der Waals surface area contributed by atoms with E-state index < -0.39 is 0 Å². The third-order valence-corrected chi connectivity index (χ3v) is 1.50. The van der Waals surface area contributed by atoms with Crippen LogP contribution in [0.5, 0.6) is 5.75 Å². The minimum Gasteiger partial charge on any atom is -0.484 e. The summed E-state index contributed by atoms with van der Waals surface area (Å²) in [6.45, 7) is 0.225. The molecule has 1 rings (SSSR count). The maximum absolute atomic E-state index is 11.0. The summed E-state index contributed by atoms with van der Waals surface area (Å²) in [6.07, 6.45) is 4.98. The van der Waals surface area contributed by atoms with Crippen LogP contribution in [0.25, 0.3) is 0 Å². The van der Waals surface area contributed by atoms with Crippen LogP contribution in [-0.2, 0) is 4.79 Å². The molecule has 0 saturated heterocycles. The molecule has 3 nitrogen and oxygen atoms in total. The van der Waals surface area contributed by atoms with Crippen molar-refractivity contribution in [3.8, 4) is 18.1 Å². The van der Waals surface area contributed by atoms with E-state index >= 15 is 0 Å². The maximum Gasteiger partial charge on any atom is 0.258 e. The fourth-order valence-corrected chi connectivity index (χ4v) is 0.866. The second kappa shape index (κ2) is 5.65. The van der Waals surface area contributed by atoms with Gasteiger partial charge >= 0.3 is 0 Å². The standard InChI is InChI=1S/C11H11NO2/c1-2-8-12-11(13)9-14-10-6-4-3-5-7-10/h1,3-7H,8-9H2,(H,12,13). The highest BCUT2D eigenvalue weighted by atomic mass is 16.5. The number of hydrogen-bond acceptors (Lipinski definition) is 2. The van der Waals surface area contributed by atoms with Crippen LogP contribution in [0.2, 0.25) is 0 Å². The Labute approximate surface area is 83.1 Å². The van der Waals surface area contributed by atoms with Crippen LogP contribution < -0.4 is 10.1 Å². The molecule has 0 spiro atoms. The van der Waals surface area contributed by atoms with E-state index in [-0.39, 0.29) is 19.1 Å². The number of rotatable bonds is 4. The van der Waals surface area contributed by atoms with Crippen molar-refractivity contribution in [1.82, 2.24) is 5.32 Å². The molecule has 0 aliphatic carbocycles. The molecule has 3 heteroatoms. The van der Waals surface area contributed by atoms with Gasteiger partial charge in [0, 0.05) is 0 Å². The van der Waals surface area contributed by atoms with E-state index in [1.54, 1.807) is 12.1 Å². The van der Waals surface area contributed by atoms with E-state index in [1.165, 1.54) is 0 Å². The number of benzene rings is 1. The van der Waals surface area contributed by atoms with Crippen LogP contribution >= 0.6 is 0 Å². The fourth-order valence-electron chi connectivity index (χ4n) is 0.866. The van der Waals surface area contributed by atoms with Crippen molar-refractivity contribution in [3.05, 3.63) is 30.3 Å². The average molecular weight is 189 g/mol. The molecule has 0 aliphatic rings. The van der Waals surface area contributed by atoms with Crippen molar-refractivity contribution >= 4 is 5.91 Å². The Morgan fingerprint density at radius 1 is 1.43 bits per heavy atom. The summed E-state index contributed by atoms with van der Waals surface area (Å²) in [5, 5.41) is 2.50. The summed E-state index contributed by atoms with van der Waals surface area (Å²) >= 11 is 0. The van der Waals surface area contributed by atoms with Crippen LogP contribution in [0, 0.1) is 12.3 Å². The van der Waals surface area contributed by atoms with E-state index in [1.807, 2.05) is 18.2 Å². The highest BCUT2D eigenvalue weighted by molar-refractivity contribution is 5.77. The van der Waals surface area contributed by atoms with Gasteiger partial charge < -0.3 is 10.1 Å². The number of ether oxygens (including phenoxy) is 1. The number of carbonyl (C=O) groups excluding carboxylic acids is 1. The third kappa shape index (κ3) is 3.63. The zero-order valence-corrected chi connectivity index (χ0v) is 7.69. The van der Waals surface area contributed by atoms with Crippen molar-refractivity contribution in [2.24, 2.45) is 0 Å². The Morgan fingerprint density at radius 3 is 2.79 bits per heavy atom. The second-order valence-corrected chi connectivity index (χ2v) is 2.58. The molecule has 1 N–H and O–H groups in total. The molecule has 0 unspecified atom stereocenters. The summed E-state index contributed by atoms with van der Waals surface area (Å²) in [6, 6.07) is 9.14. The lowest BCUT2D eigenvalue weighted by atomic mass is 10.3. The Morgan fingerprint density at radius 2 is 2.14 bits per heavy atom. The van der Waals surface area contributed by atoms with Crippen LogP contribution in [0.4, 0.5) is 0 Å². The summed E-state index contributed by atoms with van der Waals surface area (Å²) < 4.78 is 5.18. The lowest BCUT2D eigenvalue weighted by Gasteiger charge is -2.04. The lowest BCUT2D eigenvalue weighted by molar-refractivity contribution is -0.122. The number of para-hydroxylation sites is 1. The molecule has 0 radical (unpaired) electrons. The van der Waals surface area contributed by atoms with E-state index in [0.717, 1.165) is 0 Å². The van der Waals surface area contributed by atoms with Gasteiger partial charge in [0.2, 0.25) is 0 Å². The molecule has 72 valence electrons. The molecule has 1 amide bonds. The van der Waals surface area contributed by atoms with Gasteiger partial charge in [0.1, 0.15) is 5.75 Å². The Kier molecular flexibility index (Phi) is 4.09. The number of terminal acetylenes is 1. The highest BCUT2D eigenvalue weighted by Gasteiger charge is 1.99. The molecule has 0 aromatic heterocycles. The predicted octanol–water partition coefficient (Wildman–Crippen LogP) is 0.815. The topological polar surface area (TPSA) is 38.3 Å². The van der Waals surface area contributed by atoms with Crippen LogP contribution in [-0.4, -0.2) is 19.1 Å². The zero-order chi connectivity index (χ0) is 10.2. The van der Waals surface area contributed by atoms with E-state index in [4.69, 9.17) is 11.2 Å². The summed E-state index contributed by atoms with van der Waals surface area (Å²) in [7, 11) is 0. The molecule has 1 aromatic rings. The first-order valence-electron chi connectivity index (χ1n) is 4.21. The van der Waals surface area contributed by atoms with Gasteiger partial charge in [-0.2, -0.15) is 0 Å². The maximum atomic E-state index is 11.0. The van der Waals surface area contributed by atoms with Gasteiger partial charge in [0.05, 0.1) is 6.54 Å². The third-order valence-electron chi connectivity index (χ3n) is 1.50. The van der Waals surface area contributed by atoms with E-state index in [0.29, 0.717) is 5.75 Å². The van der Waals surface area contributed by atoms with E-state index in [9.17, 15) is 4.79 Å². The molecular formula is C11H11NO2. The van der Waals surface area contributed by atoms with Crippen LogP contribution in [0.1, 0.15) is 0 Å². The zero-order valence-electron chi connectivity index (χ0n) is 7.69. The quantitative estimate of drug-likeness (QED) is 0.712. The van der Waals surface area contributed by atoms with Gasteiger partial charge in [-0.15, -0.1) is 6.42 Å². The molecular weight excluding hydrogens is 178 g/mol. The molecule has 0 atom stereocenters. The number of hydrogen-bond donors (Lipinski definition) is 1. The van der Waals surface area contributed by atoms with Crippen molar-refractivity contribution in [1.29, 1.82) is 0 Å². The number of carbonyl (C=O) groups is 1. The number of nitrogens with one attached hydrogen (secondary N) is 1. The minimum absolute atomic E-state index is 0.00824. The molecule has 0 bridgehead atoms. The average Bonchev–Trinajstić information content (AvgIpc) is 2.25. The highest BCUT2D eigenvalue weighted by Crippen LogP contribution is 2.07. The van der Waals surface area contributed by atoms with Crippen molar-refractivity contribution in [2.45, 2.75) is 0 Å². The Bertz CT molecular complexity index is 327. The monoisotopic (exact) mass is 189 g/mol. The fraction of sp³-hybridized carbons (Fsp3) is 0.182. The molecule has 0 heterocycles. The minimum atomic E-state index is -0.216. The first kappa shape index (κ1) is 10.1. The molecule has 1 aromatic carbocycles. The van der Waals surface area contributed by atoms with Gasteiger partial charge in [0.15, 0.2) is 6.61 Å². The molecule has 0 fully saturated rings. The Balaban J connectivity index is 2.28. The number of amides is 1. The van der Waals surface area contributed by atoms with Crippen molar-refractivity contribution in [3.63, 3.8) is 0 Å². The first-order chi connectivity index (χ1) is 6.83. The van der Waals surface area contributed by atoms with Gasteiger partial charge in [-0.05, 0) is 12.1 Å². The lowest BCUT2D eigenvalue weighted by Crippen LogP contribution is -2.28. The summed E-state index contributed by atoms with van der Waals surface area (Å²) in [5.74, 6) is 2.76.